The van der Waals surface area contributed by atoms with Crippen molar-refractivity contribution in [2.75, 3.05) is 26.2 Å². The van der Waals surface area contributed by atoms with E-state index in [-0.39, 0.29) is 5.91 Å². The van der Waals surface area contributed by atoms with Gasteiger partial charge in [0.05, 0.1) is 12.7 Å². The van der Waals surface area contributed by atoms with Crippen LogP contribution in [0.25, 0.3) is 0 Å². The lowest BCUT2D eigenvalue weighted by molar-refractivity contribution is 0.0343. The molecule has 1 saturated heterocycles. The van der Waals surface area contributed by atoms with Crippen LogP contribution in [-0.2, 0) is 11.8 Å². The molecular weight excluding hydrogens is 230 g/mol. The number of ether oxygens (including phenoxy) is 1. The van der Waals surface area contributed by atoms with Crippen molar-refractivity contribution in [2.45, 2.75) is 18.9 Å². The van der Waals surface area contributed by atoms with Gasteiger partial charge in [-0.3, -0.25) is 4.79 Å². The Morgan fingerprint density at radius 1 is 1.56 bits per heavy atom. The van der Waals surface area contributed by atoms with Crippen molar-refractivity contribution < 1.29 is 9.53 Å². The molecule has 2 heterocycles. The van der Waals surface area contributed by atoms with Gasteiger partial charge in [-0.15, -0.1) is 0 Å². The second-order valence-corrected chi connectivity index (χ2v) is 4.58. The lowest BCUT2D eigenvalue weighted by atomic mass is 10.1. The lowest BCUT2D eigenvalue weighted by Gasteiger charge is -2.22. The van der Waals surface area contributed by atoms with Crippen LogP contribution in [-0.4, -0.2) is 42.8 Å². The Hall–Kier alpha value is -1.33. The molecule has 0 bridgehead atoms. The predicted molar refractivity (Wildman–Crippen MR) is 69.6 cm³/mol. The molecular formula is C13H21N3O2. The molecule has 1 aromatic heterocycles. The van der Waals surface area contributed by atoms with Gasteiger partial charge >= 0.3 is 0 Å². The summed E-state index contributed by atoms with van der Waals surface area (Å²) in [6.45, 7) is 3.20. The molecule has 1 aromatic rings. The minimum Gasteiger partial charge on any atom is -0.376 e. The summed E-state index contributed by atoms with van der Waals surface area (Å²) >= 11 is 0. The maximum Gasteiger partial charge on any atom is 0.267 e. The number of aromatic nitrogens is 1. The third kappa shape index (κ3) is 3.58. The van der Waals surface area contributed by atoms with Gasteiger partial charge in [0.2, 0.25) is 0 Å². The van der Waals surface area contributed by atoms with Gasteiger partial charge in [0.25, 0.3) is 5.91 Å². The largest absolute Gasteiger partial charge is 0.376 e. The van der Waals surface area contributed by atoms with Crippen molar-refractivity contribution >= 4 is 5.91 Å². The molecule has 1 aliphatic rings. The minimum atomic E-state index is -0.0450. The number of carbonyl (C=O) groups is 1. The highest BCUT2D eigenvalue weighted by molar-refractivity contribution is 5.92. The number of carbonyl (C=O) groups excluding carboxylic acids is 1. The first kappa shape index (κ1) is 13.1. The predicted octanol–water partition coefficient (Wildman–Crippen LogP) is 0.523. The Morgan fingerprint density at radius 2 is 2.33 bits per heavy atom. The fraction of sp³-hybridized carbons (Fsp3) is 0.615. The first-order valence-corrected chi connectivity index (χ1v) is 6.49. The number of amides is 1. The highest BCUT2D eigenvalue weighted by Gasteiger charge is 2.13. The molecule has 100 valence electrons. The van der Waals surface area contributed by atoms with Crippen LogP contribution in [0.3, 0.4) is 0 Å². The summed E-state index contributed by atoms with van der Waals surface area (Å²) in [5.74, 6) is -0.0450. The van der Waals surface area contributed by atoms with E-state index in [4.69, 9.17) is 4.74 Å². The van der Waals surface area contributed by atoms with Gasteiger partial charge in [-0.05, 0) is 38.1 Å². The number of piperidine rings is 1. The normalized spacial score (nSPS) is 16.7. The van der Waals surface area contributed by atoms with Crippen LogP contribution in [0.4, 0.5) is 0 Å². The SMILES string of the molecule is Cn1cccc1C(=O)NCCOC1CCNCC1. The number of nitrogens with zero attached hydrogens (tertiary/aromatic N) is 1. The second-order valence-electron chi connectivity index (χ2n) is 4.58. The molecule has 1 fully saturated rings. The van der Waals surface area contributed by atoms with Crippen LogP contribution in [0.15, 0.2) is 18.3 Å². The Bertz CT molecular complexity index is 383. The Balaban J connectivity index is 1.63. The molecule has 0 aromatic carbocycles. The molecule has 5 nitrogen and oxygen atoms in total. The first-order valence-electron chi connectivity index (χ1n) is 6.49. The zero-order chi connectivity index (χ0) is 12.8. The van der Waals surface area contributed by atoms with E-state index in [0.717, 1.165) is 25.9 Å². The smallest absolute Gasteiger partial charge is 0.267 e. The molecule has 2 rings (SSSR count). The van der Waals surface area contributed by atoms with Gasteiger partial charge in [-0.25, -0.2) is 0 Å². The van der Waals surface area contributed by atoms with Gasteiger partial charge < -0.3 is 19.9 Å². The summed E-state index contributed by atoms with van der Waals surface area (Å²) in [4.78, 5) is 11.8. The van der Waals surface area contributed by atoms with Crippen LogP contribution in [0.2, 0.25) is 0 Å². The monoisotopic (exact) mass is 251 g/mol. The number of rotatable bonds is 5. The summed E-state index contributed by atoms with van der Waals surface area (Å²) < 4.78 is 7.53. The van der Waals surface area contributed by atoms with Crippen LogP contribution in [0.1, 0.15) is 23.3 Å². The average Bonchev–Trinajstić information content (AvgIpc) is 2.82. The van der Waals surface area contributed by atoms with Crippen molar-refractivity contribution in [1.29, 1.82) is 0 Å². The molecule has 0 spiro atoms. The average molecular weight is 251 g/mol. The first-order chi connectivity index (χ1) is 8.77. The molecule has 2 N–H and O–H groups in total. The zero-order valence-electron chi connectivity index (χ0n) is 10.8. The third-order valence-electron chi connectivity index (χ3n) is 3.20. The van der Waals surface area contributed by atoms with E-state index in [9.17, 15) is 4.79 Å². The summed E-state index contributed by atoms with van der Waals surface area (Å²) in [6, 6.07) is 3.67. The topological polar surface area (TPSA) is 55.3 Å². The molecule has 1 amide bonds. The van der Waals surface area contributed by atoms with E-state index in [1.165, 1.54) is 0 Å². The number of hydrogen-bond donors (Lipinski definition) is 2. The van der Waals surface area contributed by atoms with E-state index in [1.54, 1.807) is 0 Å². The number of aryl methyl sites for hydroxylation is 1. The van der Waals surface area contributed by atoms with Gasteiger partial charge in [0.15, 0.2) is 0 Å². The van der Waals surface area contributed by atoms with Crippen molar-refractivity contribution in [1.82, 2.24) is 15.2 Å². The molecule has 18 heavy (non-hydrogen) atoms. The van der Waals surface area contributed by atoms with Gasteiger partial charge in [-0.2, -0.15) is 0 Å². The molecule has 5 heteroatoms. The van der Waals surface area contributed by atoms with Gasteiger partial charge in [-0.1, -0.05) is 0 Å². The Kier molecular flexibility index (Phi) is 4.78. The maximum absolute atomic E-state index is 11.8. The quantitative estimate of drug-likeness (QED) is 0.750. The fourth-order valence-corrected chi connectivity index (χ4v) is 2.14. The summed E-state index contributed by atoms with van der Waals surface area (Å²) in [5, 5.41) is 6.16. The highest BCUT2D eigenvalue weighted by atomic mass is 16.5. The van der Waals surface area contributed by atoms with Crippen molar-refractivity contribution in [3.63, 3.8) is 0 Å². The molecule has 0 radical (unpaired) electrons. The maximum atomic E-state index is 11.8. The standard InChI is InChI=1S/C13H21N3O2/c1-16-9-2-3-12(16)13(17)15-8-10-18-11-4-6-14-7-5-11/h2-3,9,11,14H,4-8,10H2,1H3,(H,15,17). The Labute approximate surface area is 108 Å². The van der Waals surface area contributed by atoms with Gasteiger partial charge in [0.1, 0.15) is 5.69 Å². The zero-order valence-corrected chi connectivity index (χ0v) is 10.8. The van der Waals surface area contributed by atoms with Crippen molar-refractivity contribution in [2.24, 2.45) is 7.05 Å². The lowest BCUT2D eigenvalue weighted by Crippen LogP contribution is -2.35. The number of nitrogens with one attached hydrogen (secondary N) is 2. The van der Waals surface area contributed by atoms with Crippen LogP contribution >= 0.6 is 0 Å². The van der Waals surface area contributed by atoms with E-state index in [0.29, 0.717) is 24.9 Å². The number of hydrogen-bond acceptors (Lipinski definition) is 3. The summed E-state index contributed by atoms with van der Waals surface area (Å²) in [6.07, 6.45) is 4.33. The van der Waals surface area contributed by atoms with Crippen molar-refractivity contribution in [3.05, 3.63) is 24.0 Å². The van der Waals surface area contributed by atoms with Crippen molar-refractivity contribution in [3.8, 4) is 0 Å². The minimum absolute atomic E-state index is 0.0450. The highest BCUT2D eigenvalue weighted by Crippen LogP contribution is 2.06. The van der Waals surface area contributed by atoms with E-state index >= 15 is 0 Å². The van der Waals surface area contributed by atoms with E-state index in [1.807, 2.05) is 29.9 Å². The van der Waals surface area contributed by atoms with Crippen LogP contribution in [0.5, 0.6) is 0 Å². The molecule has 0 saturated carbocycles. The Morgan fingerprint density at radius 3 is 3.00 bits per heavy atom. The molecule has 0 atom stereocenters. The fourth-order valence-electron chi connectivity index (χ4n) is 2.14. The van der Waals surface area contributed by atoms with E-state index in [2.05, 4.69) is 10.6 Å². The van der Waals surface area contributed by atoms with Crippen LogP contribution < -0.4 is 10.6 Å². The summed E-state index contributed by atoms with van der Waals surface area (Å²) in [7, 11) is 1.86. The third-order valence-corrected chi connectivity index (χ3v) is 3.20. The molecule has 1 aliphatic heterocycles. The second kappa shape index (κ2) is 6.56. The molecule has 0 unspecified atom stereocenters. The van der Waals surface area contributed by atoms with E-state index < -0.39 is 0 Å². The van der Waals surface area contributed by atoms with Crippen LogP contribution in [0, 0.1) is 0 Å². The molecule has 0 aliphatic carbocycles. The van der Waals surface area contributed by atoms with Gasteiger partial charge in [0, 0.05) is 19.8 Å². The summed E-state index contributed by atoms with van der Waals surface area (Å²) in [5.41, 5.74) is 0.678.